The Kier molecular flexibility index (Phi) is 14.8. The normalized spacial score (nSPS) is 53.7. The quantitative estimate of drug-likeness (QED) is 0.178. The predicted molar refractivity (Wildman–Crippen MR) is 230 cm³/mol. The van der Waals surface area contributed by atoms with Crippen LogP contribution < -0.4 is 0 Å². The summed E-state index contributed by atoms with van der Waals surface area (Å²) in [5.41, 5.74) is -3.53. The first-order valence-electron chi connectivity index (χ1n) is 24.2. The zero-order valence-corrected chi connectivity index (χ0v) is 40.0. The lowest BCUT2D eigenvalue weighted by molar-refractivity contribution is -0.346. The van der Waals surface area contributed by atoms with Gasteiger partial charge >= 0.3 is 0 Å². The van der Waals surface area contributed by atoms with Crippen molar-refractivity contribution in [2.75, 3.05) is 21.3 Å². The van der Waals surface area contributed by atoms with E-state index in [4.69, 9.17) is 52.1 Å². The number of ether oxygens (including phenoxy) is 11. The molecule has 0 bridgehead atoms. The Bertz CT molecular complexity index is 1690. The third kappa shape index (κ3) is 8.75. The summed E-state index contributed by atoms with van der Waals surface area (Å²) in [5, 5.41) is 58.4. The summed E-state index contributed by atoms with van der Waals surface area (Å²) >= 11 is 0. The van der Waals surface area contributed by atoms with Crippen molar-refractivity contribution < 1.29 is 82.4 Å². The first-order valence-corrected chi connectivity index (χ1v) is 24.2. The van der Waals surface area contributed by atoms with Crippen molar-refractivity contribution >= 4 is 5.78 Å². The van der Waals surface area contributed by atoms with Crippen LogP contribution in [0.5, 0.6) is 0 Å². The van der Waals surface area contributed by atoms with E-state index in [1.54, 1.807) is 35.2 Å². The van der Waals surface area contributed by atoms with Crippen molar-refractivity contribution in [1.82, 2.24) is 0 Å². The van der Waals surface area contributed by atoms with Crippen LogP contribution in [-0.4, -0.2) is 174 Å². The van der Waals surface area contributed by atoms with Crippen LogP contribution in [0.3, 0.4) is 0 Å². The maximum absolute atomic E-state index is 12.7. The lowest BCUT2D eigenvalue weighted by atomic mass is 9.43. The second-order valence-corrected chi connectivity index (χ2v) is 21.1. The molecule has 0 aromatic heterocycles. The molecule has 0 radical (unpaired) electrons. The van der Waals surface area contributed by atoms with E-state index in [-0.39, 0.29) is 43.2 Å². The molecule has 0 unspecified atom stereocenters. The highest BCUT2D eigenvalue weighted by Crippen LogP contribution is 2.69. The molecule has 0 amide bonds. The topological polar surface area (TPSA) is 220 Å². The van der Waals surface area contributed by atoms with Gasteiger partial charge in [-0.15, -0.1) is 0 Å². The molecule has 7 fully saturated rings. The molecule has 0 aromatic rings. The van der Waals surface area contributed by atoms with Gasteiger partial charge in [-0.1, -0.05) is 25.5 Å². The highest BCUT2D eigenvalue weighted by Gasteiger charge is 2.76. The summed E-state index contributed by atoms with van der Waals surface area (Å²) in [6.07, 6.45) is -3.54. The molecule has 8 rings (SSSR count). The smallest absolute Gasteiger partial charge is 0.161 e. The molecule has 5 N–H and O–H groups in total. The van der Waals surface area contributed by atoms with E-state index in [0.29, 0.717) is 51.4 Å². The minimum absolute atomic E-state index is 0.0612. The van der Waals surface area contributed by atoms with Crippen LogP contribution >= 0.6 is 0 Å². The summed E-state index contributed by atoms with van der Waals surface area (Å²) < 4.78 is 68.2. The number of Topliss-reactive ketones (excluding diaryl/α,β-unsaturated/α-hetero) is 1. The molecule has 4 heterocycles. The fourth-order valence-corrected chi connectivity index (χ4v) is 13.8. The summed E-state index contributed by atoms with van der Waals surface area (Å²) in [4.78, 5) is 12.7. The monoisotopic (exact) mass is 927 g/mol. The van der Waals surface area contributed by atoms with Gasteiger partial charge in [0.1, 0.15) is 41.4 Å². The Morgan fingerprint density at radius 2 is 1.17 bits per heavy atom. The summed E-state index contributed by atoms with van der Waals surface area (Å²) in [6.45, 7) is 12.9. The van der Waals surface area contributed by atoms with Crippen molar-refractivity contribution in [3.8, 4) is 0 Å². The molecule has 4 aliphatic heterocycles. The molecular weight excluding hydrogens is 849 g/mol. The second-order valence-electron chi connectivity index (χ2n) is 21.1. The molecule has 0 aromatic carbocycles. The van der Waals surface area contributed by atoms with Gasteiger partial charge in [0.05, 0.1) is 61.0 Å². The zero-order valence-electron chi connectivity index (χ0n) is 40.0. The fraction of sp³-hybridized carbons (Fsp3) is 0.938. The number of carbonyl (C=O) groups is 1. The van der Waals surface area contributed by atoms with Crippen LogP contribution in [0.25, 0.3) is 0 Å². The first-order chi connectivity index (χ1) is 30.7. The number of fused-ring (bicyclic) bond motifs is 5. The lowest BCUT2D eigenvalue weighted by Gasteiger charge is -2.66. The summed E-state index contributed by atoms with van der Waals surface area (Å²) in [5.74, 6) is -0.961. The third-order valence-corrected chi connectivity index (χ3v) is 17.7. The molecule has 24 atom stereocenters. The van der Waals surface area contributed by atoms with Gasteiger partial charge in [0.2, 0.25) is 0 Å². The van der Waals surface area contributed by atoms with Crippen molar-refractivity contribution in [2.45, 2.75) is 241 Å². The standard InChI is InChI=1S/C48H78O17/c1-23(49)30-13-16-48(54)46(30,7)36(51)22-35-45(6)14-12-29(17-28(45)11-15-47(35,48)53)62-37-18-31(50)42(25(3)59-37)63-39-20-33(56-9)44(26(4)60-39)65-40-21-34(57-10)43(27(5)61-40)64-38-19-32(55-8)41(52)24(2)58-38/h11,24-27,29-44,50-54H,12-22H2,1-10H3/t24-,25-,26-,27-,29+,30+,31+,32+,33-,34+,35-,36-,37+,38+,39+,40+,41-,42-,43-,44-,45+,46+,47+,48-/m1/s1. The van der Waals surface area contributed by atoms with Gasteiger partial charge in [-0.3, -0.25) is 4.79 Å². The van der Waals surface area contributed by atoms with E-state index in [2.05, 4.69) is 13.0 Å². The second kappa shape index (κ2) is 19.2. The summed E-state index contributed by atoms with van der Waals surface area (Å²) in [6, 6.07) is 0. The van der Waals surface area contributed by atoms with Gasteiger partial charge in [-0.05, 0) is 85.0 Å². The predicted octanol–water partition coefficient (Wildman–Crippen LogP) is 3.20. The molecule has 65 heavy (non-hydrogen) atoms. The van der Waals surface area contributed by atoms with E-state index in [0.717, 1.165) is 5.57 Å². The molecule has 0 spiro atoms. The molecule has 17 nitrogen and oxygen atoms in total. The lowest BCUT2D eigenvalue weighted by Crippen LogP contribution is -2.75. The number of rotatable bonds is 12. The van der Waals surface area contributed by atoms with E-state index in [9.17, 15) is 30.3 Å². The van der Waals surface area contributed by atoms with Gasteiger partial charge in [0.15, 0.2) is 25.2 Å². The van der Waals surface area contributed by atoms with E-state index in [1.165, 1.54) is 6.92 Å². The van der Waals surface area contributed by atoms with Gasteiger partial charge in [0, 0.05) is 64.3 Å². The van der Waals surface area contributed by atoms with Gasteiger partial charge in [-0.2, -0.15) is 0 Å². The van der Waals surface area contributed by atoms with E-state index in [1.807, 2.05) is 20.8 Å². The maximum Gasteiger partial charge on any atom is 0.161 e. The Labute approximate surface area is 384 Å². The fourth-order valence-electron chi connectivity index (χ4n) is 13.8. The number of ketones is 1. The van der Waals surface area contributed by atoms with E-state index < -0.39 is 126 Å². The Balaban J connectivity index is 0.830. The van der Waals surface area contributed by atoms with Crippen LogP contribution in [0.2, 0.25) is 0 Å². The van der Waals surface area contributed by atoms with Gasteiger partial charge < -0.3 is 77.6 Å². The van der Waals surface area contributed by atoms with Crippen LogP contribution in [-0.2, 0) is 56.9 Å². The van der Waals surface area contributed by atoms with Crippen LogP contribution in [0, 0.1) is 22.7 Å². The molecule has 3 saturated carbocycles. The Morgan fingerprint density at radius 1 is 0.662 bits per heavy atom. The number of hydrogen-bond acceptors (Lipinski definition) is 17. The van der Waals surface area contributed by atoms with Crippen molar-refractivity contribution in [2.24, 2.45) is 22.7 Å². The average molecular weight is 927 g/mol. The number of aliphatic hydroxyl groups excluding tert-OH is 3. The van der Waals surface area contributed by atoms with Crippen molar-refractivity contribution in [3.05, 3.63) is 11.6 Å². The van der Waals surface area contributed by atoms with E-state index >= 15 is 0 Å². The Hall–Kier alpha value is -1.23. The molecule has 372 valence electrons. The van der Waals surface area contributed by atoms with Crippen molar-refractivity contribution in [1.29, 1.82) is 0 Å². The highest BCUT2D eigenvalue weighted by molar-refractivity contribution is 5.80. The average Bonchev–Trinajstić information content (AvgIpc) is 3.56. The van der Waals surface area contributed by atoms with Crippen molar-refractivity contribution in [3.63, 3.8) is 0 Å². The molecule has 17 heteroatoms. The number of hydrogen-bond donors (Lipinski definition) is 5. The zero-order chi connectivity index (χ0) is 47.0. The maximum atomic E-state index is 12.7. The molecule has 4 aliphatic carbocycles. The Morgan fingerprint density at radius 3 is 1.71 bits per heavy atom. The molecule has 8 aliphatic rings. The number of methoxy groups -OCH3 is 3. The first kappa shape index (κ1) is 50.2. The largest absolute Gasteiger partial charge is 0.392 e. The van der Waals surface area contributed by atoms with Crippen LogP contribution in [0.1, 0.15) is 119 Å². The highest BCUT2D eigenvalue weighted by atomic mass is 16.8. The number of aliphatic hydroxyl groups is 5. The molecule has 4 saturated heterocycles. The minimum Gasteiger partial charge on any atom is -0.392 e. The SMILES string of the molecule is CO[C@H]1C[C@H](O[C@H]2[C@@H](OC)C[C@H](O[C@@H]3[C@@H](C)O[C@@H](O[C@H]4[C@@H](O)C[C@H](O[C@H]5CC[C@@]6(C)C(=CC[C@]7(O)[C@@H]6C[C@@H](O)[C@]6(C)[C@H](C(C)=O)CC[C@@]67O)C5)O[C@@H]4C)C[C@H]3OC)O[C@@H]2C)O[C@H](C)[C@H]1O. The van der Waals surface area contributed by atoms with Crippen LogP contribution in [0.15, 0.2) is 11.6 Å². The van der Waals surface area contributed by atoms with Gasteiger partial charge in [-0.25, -0.2) is 0 Å². The van der Waals surface area contributed by atoms with Crippen LogP contribution in [0.4, 0.5) is 0 Å². The summed E-state index contributed by atoms with van der Waals surface area (Å²) in [7, 11) is 4.81. The van der Waals surface area contributed by atoms with Gasteiger partial charge in [0.25, 0.3) is 0 Å². The molecular formula is C48H78O17. The number of carbonyl (C=O) groups excluding carboxylic acids is 1. The minimum atomic E-state index is -1.59. The third-order valence-electron chi connectivity index (χ3n) is 17.7.